The lowest BCUT2D eigenvalue weighted by molar-refractivity contribution is 0.302. The van der Waals surface area contributed by atoms with Gasteiger partial charge in [0, 0.05) is 23.8 Å². The van der Waals surface area contributed by atoms with E-state index in [0.29, 0.717) is 12.4 Å². The molecular formula is C18H20ClFN2O. The molecule has 122 valence electrons. The van der Waals surface area contributed by atoms with Crippen LogP contribution in [0.2, 0.25) is 0 Å². The van der Waals surface area contributed by atoms with Gasteiger partial charge in [0.15, 0.2) is 0 Å². The number of aromatic nitrogens is 2. The lowest BCUT2D eigenvalue weighted by atomic mass is 10.2. The summed E-state index contributed by atoms with van der Waals surface area (Å²) in [6.07, 6.45) is 1.82. The quantitative estimate of drug-likeness (QED) is 0.684. The van der Waals surface area contributed by atoms with Crippen LogP contribution >= 0.6 is 12.4 Å². The molecule has 0 saturated carbocycles. The largest absolute Gasteiger partial charge is 0.487 e. The predicted octanol–water partition coefficient (Wildman–Crippen LogP) is 4.81. The van der Waals surface area contributed by atoms with Crippen molar-refractivity contribution in [2.24, 2.45) is 0 Å². The molecule has 3 rings (SSSR count). The second kappa shape index (κ2) is 7.01. The zero-order valence-electron chi connectivity index (χ0n) is 13.5. The molecule has 23 heavy (non-hydrogen) atoms. The fraction of sp³-hybridized carbons (Fsp3) is 0.278. The van der Waals surface area contributed by atoms with Gasteiger partial charge in [0.2, 0.25) is 0 Å². The Bertz CT molecular complexity index is 812. The van der Waals surface area contributed by atoms with E-state index in [1.54, 1.807) is 12.1 Å². The maximum absolute atomic E-state index is 12.9. The number of fused-ring (bicyclic) bond motifs is 1. The number of hydrogen-bond donors (Lipinski definition) is 0. The molecule has 3 aromatic rings. The number of hydrogen-bond acceptors (Lipinski definition) is 2. The van der Waals surface area contributed by atoms with Crippen molar-refractivity contribution < 1.29 is 9.13 Å². The van der Waals surface area contributed by atoms with Gasteiger partial charge in [-0.05, 0) is 56.7 Å². The van der Waals surface area contributed by atoms with Crippen LogP contribution in [0.3, 0.4) is 0 Å². The van der Waals surface area contributed by atoms with E-state index in [2.05, 4.69) is 30.3 Å². The molecule has 0 amide bonds. The van der Waals surface area contributed by atoms with Gasteiger partial charge in [-0.25, -0.2) is 4.39 Å². The summed E-state index contributed by atoms with van der Waals surface area (Å²) in [5, 5.41) is 1.21. The van der Waals surface area contributed by atoms with Gasteiger partial charge in [-0.1, -0.05) is 0 Å². The van der Waals surface area contributed by atoms with E-state index >= 15 is 0 Å². The molecule has 2 aromatic heterocycles. The second-order valence-electron chi connectivity index (χ2n) is 5.35. The number of pyridine rings is 1. The Hall–Kier alpha value is -2.07. The van der Waals surface area contributed by atoms with Crippen molar-refractivity contribution >= 4 is 23.3 Å². The van der Waals surface area contributed by atoms with Gasteiger partial charge in [0.25, 0.3) is 0 Å². The first-order chi connectivity index (χ1) is 10.6. The number of ether oxygens (including phenoxy) is 1. The molecule has 0 aliphatic carbocycles. The molecule has 0 N–H and O–H groups in total. The molecule has 0 radical (unpaired) electrons. The maximum Gasteiger partial charge on any atom is 0.132 e. The normalized spacial score (nSPS) is 10.6. The molecule has 1 aromatic carbocycles. The van der Waals surface area contributed by atoms with Gasteiger partial charge >= 0.3 is 0 Å². The van der Waals surface area contributed by atoms with Crippen LogP contribution in [0.1, 0.15) is 23.9 Å². The second-order valence-corrected chi connectivity index (χ2v) is 5.35. The minimum absolute atomic E-state index is 0. The first-order valence-corrected chi connectivity index (χ1v) is 7.43. The Labute approximate surface area is 141 Å². The number of nitrogens with zero attached hydrogens (tertiary/aromatic N) is 2. The smallest absolute Gasteiger partial charge is 0.132 e. The van der Waals surface area contributed by atoms with Crippen molar-refractivity contribution in [2.45, 2.75) is 33.9 Å². The average Bonchev–Trinajstić information content (AvgIpc) is 2.79. The molecule has 0 aliphatic rings. The monoisotopic (exact) mass is 334 g/mol. The van der Waals surface area contributed by atoms with Gasteiger partial charge in [0.05, 0.1) is 5.52 Å². The van der Waals surface area contributed by atoms with Crippen molar-refractivity contribution in [3.05, 3.63) is 59.3 Å². The molecule has 3 nitrogen and oxygen atoms in total. The van der Waals surface area contributed by atoms with Crippen LogP contribution in [-0.4, -0.2) is 9.55 Å². The first kappa shape index (κ1) is 17.3. The van der Waals surface area contributed by atoms with Crippen LogP contribution in [0, 0.1) is 19.7 Å². The Morgan fingerprint density at radius 3 is 2.48 bits per heavy atom. The Balaban J connectivity index is 0.00000192. The number of benzene rings is 1. The first-order valence-electron chi connectivity index (χ1n) is 7.43. The topological polar surface area (TPSA) is 27.1 Å². The molecule has 0 aliphatic heterocycles. The number of aryl methyl sites for hydroxylation is 2. The van der Waals surface area contributed by atoms with E-state index < -0.39 is 0 Å². The summed E-state index contributed by atoms with van der Waals surface area (Å²) < 4.78 is 21.0. The highest BCUT2D eigenvalue weighted by Gasteiger charge is 2.14. The molecule has 0 atom stereocenters. The van der Waals surface area contributed by atoms with Gasteiger partial charge in [-0.15, -0.1) is 12.4 Å². The van der Waals surface area contributed by atoms with E-state index in [0.717, 1.165) is 17.8 Å². The molecular weight excluding hydrogens is 315 g/mol. The molecule has 0 spiro atoms. The third-order valence-corrected chi connectivity index (χ3v) is 4.13. The summed E-state index contributed by atoms with van der Waals surface area (Å²) in [6.45, 7) is 7.65. The summed E-state index contributed by atoms with van der Waals surface area (Å²) in [5.41, 5.74) is 4.57. The van der Waals surface area contributed by atoms with E-state index in [4.69, 9.17) is 4.74 Å². The maximum atomic E-state index is 12.9. The van der Waals surface area contributed by atoms with Crippen molar-refractivity contribution in [2.75, 3.05) is 0 Å². The molecule has 5 heteroatoms. The summed E-state index contributed by atoms with van der Waals surface area (Å²) >= 11 is 0. The lowest BCUT2D eigenvalue weighted by Gasteiger charge is -2.10. The molecule has 0 saturated heterocycles. The number of rotatable bonds is 4. The van der Waals surface area contributed by atoms with Crippen LogP contribution in [-0.2, 0) is 13.2 Å². The molecule has 0 bridgehead atoms. The van der Waals surface area contributed by atoms with Crippen LogP contribution < -0.4 is 4.74 Å². The van der Waals surface area contributed by atoms with Gasteiger partial charge < -0.3 is 9.30 Å². The Morgan fingerprint density at radius 2 is 1.83 bits per heavy atom. The molecule has 0 unspecified atom stereocenters. The van der Waals surface area contributed by atoms with E-state index in [1.807, 2.05) is 12.3 Å². The van der Waals surface area contributed by atoms with Gasteiger partial charge in [-0.2, -0.15) is 0 Å². The van der Waals surface area contributed by atoms with E-state index in [1.165, 1.54) is 28.8 Å². The summed E-state index contributed by atoms with van der Waals surface area (Å²) in [5.74, 6) is 0.377. The summed E-state index contributed by atoms with van der Waals surface area (Å²) in [7, 11) is 0. The Morgan fingerprint density at radius 1 is 1.13 bits per heavy atom. The summed E-state index contributed by atoms with van der Waals surface area (Å²) in [6, 6.07) is 8.10. The van der Waals surface area contributed by atoms with Crippen molar-refractivity contribution in [3.8, 4) is 5.75 Å². The van der Waals surface area contributed by atoms with E-state index in [-0.39, 0.29) is 18.2 Å². The summed E-state index contributed by atoms with van der Waals surface area (Å²) in [4.78, 5) is 4.48. The SMILES string of the molecule is CCn1c(C)c(C)c2ccnc(COc3ccc(F)cc3)c21.Cl. The van der Waals surface area contributed by atoms with Crippen LogP contribution in [0.15, 0.2) is 36.5 Å². The highest BCUT2D eigenvalue weighted by Crippen LogP contribution is 2.27. The van der Waals surface area contributed by atoms with Crippen molar-refractivity contribution in [1.82, 2.24) is 9.55 Å². The van der Waals surface area contributed by atoms with Gasteiger partial charge in [-0.3, -0.25) is 4.98 Å². The fourth-order valence-electron chi connectivity index (χ4n) is 2.85. The fourth-order valence-corrected chi connectivity index (χ4v) is 2.85. The van der Waals surface area contributed by atoms with Crippen molar-refractivity contribution in [1.29, 1.82) is 0 Å². The molecule has 0 fully saturated rings. The van der Waals surface area contributed by atoms with Crippen molar-refractivity contribution in [3.63, 3.8) is 0 Å². The number of halogens is 2. The van der Waals surface area contributed by atoms with Crippen LogP contribution in [0.5, 0.6) is 5.75 Å². The third kappa shape index (κ3) is 3.17. The third-order valence-electron chi connectivity index (χ3n) is 4.13. The molecule has 2 heterocycles. The van der Waals surface area contributed by atoms with Crippen LogP contribution in [0.4, 0.5) is 4.39 Å². The standard InChI is InChI=1S/C18H19FN2O.ClH/c1-4-21-13(3)12(2)16-9-10-20-17(18(16)21)11-22-15-7-5-14(19)6-8-15;/h5-10H,4,11H2,1-3H3;1H. The lowest BCUT2D eigenvalue weighted by Crippen LogP contribution is -2.04. The predicted molar refractivity (Wildman–Crippen MR) is 92.9 cm³/mol. The minimum Gasteiger partial charge on any atom is -0.487 e. The van der Waals surface area contributed by atoms with Crippen LogP contribution in [0.25, 0.3) is 10.9 Å². The average molecular weight is 335 g/mol. The zero-order chi connectivity index (χ0) is 15.7. The minimum atomic E-state index is -0.265. The highest BCUT2D eigenvalue weighted by atomic mass is 35.5. The zero-order valence-corrected chi connectivity index (χ0v) is 14.3. The Kier molecular flexibility index (Phi) is 5.26. The highest BCUT2D eigenvalue weighted by molar-refractivity contribution is 5.86. The van der Waals surface area contributed by atoms with Gasteiger partial charge in [0.1, 0.15) is 23.9 Å². The van der Waals surface area contributed by atoms with E-state index in [9.17, 15) is 4.39 Å².